The average Bonchev–Trinajstić information content (AvgIpc) is 3.48. The van der Waals surface area contributed by atoms with E-state index in [0.29, 0.717) is 22.3 Å². The highest BCUT2D eigenvalue weighted by atomic mass is 32.1. The molecule has 8 heteroatoms. The van der Waals surface area contributed by atoms with Gasteiger partial charge in [0.25, 0.3) is 5.56 Å². The molecule has 1 aromatic carbocycles. The minimum Gasteiger partial charge on any atom is -0.342 e. The maximum atomic E-state index is 12.6. The molecule has 0 saturated carbocycles. The first-order chi connectivity index (χ1) is 15.6. The van der Waals surface area contributed by atoms with Gasteiger partial charge in [0, 0.05) is 29.6 Å². The Morgan fingerprint density at radius 2 is 1.91 bits per heavy atom. The van der Waals surface area contributed by atoms with Gasteiger partial charge in [-0.1, -0.05) is 12.1 Å². The Labute approximate surface area is 190 Å². The van der Waals surface area contributed by atoms with Crippen molar-refractivity contribution in [3.63, 3.8) is 0 Å². The molecule has 0 radical (unpaired) electrons. The molecule has 1 saturated heterocycles. The number of rotatable bonds is 5. The molecular formula is C24H27N5O2S. The Hall–Kier alpha value is -3.00. The van der Waals surface area contributed by atoms with Crippen LogP contribution >= 0.6 is 11.3 Å². The van der Waals surface area contributed by atoms with Gasteiger partial charge in [-0.05, 0) is 62.6 Å². The molecular weight excluding hydrogens is 422 g/mol. The second-order valence-electron chi connectivity index (χ2n) is 8.60. The molecule has 5 rings (SSSR count). The smallest absolute Gasteiger partial charge is 0.256 e. The number of amides is 1. The van der Waals surface area contributed by atoms with Crippen LogP contribution in [-0.2, 0) is 24.1 Å². The number of benzene rings is 1. The number of nitrogens with one attached hydrogen (secondary N) is 2. The topological polar surface area (TPSA) is 91.0 Å². The van der Waals surface area contributed by atoms with Crippen LogP contribution < -0.4 is 15.8 Å². The average molecular weight is 450 g/mol. The predicted octanol–water partition coefficient (Wildman–Crippen LogP) is 3.86. The molecule has 2 aliphatic rings. The number of H-pyrrole nitrogens is 1. The van der Waals surface area contributed by atoms with E-state index in [1.165, 1.54) is 35.3 Å². The van der Waals surface area contributed by atoms with Crippen LogP contribution in [0.3, 0.4) is 0 Å². The fourth-order valence-corrected chi connectivity index (χ4v) is 5.30. The van der Waals surface area contributed by atoms with Crippen LogP contribution in [0.2, 0.25) is 0 Å². The molecule has 0 bridgehead atoms. The lowest BCUT2D eigenvalue weighted by Crippen LogP contribution is -2.28. The molecule has 2 aromatic heterocycles. The summed E-state index contributed by atoms with van der Waals surface area (Å²) in [4.78, 5) is 39.3. The number of nitrogens with zero attached hydrogens (tertiary/aromatic N) is 3. The third-order valence-corrected chi connectivity index (χ3v) is 7.11. The number of aryl methyl sites for hydroxylation is 3. The van der Waals surface area contributed by atoms with E-state index in [9.17, 15) is 9.59 Å². The summed E-state index contributed by atoms with van der Waals surface area (Å²) >= 11 is 1.40. The van der Waals surface area contributed by atoms with Gasteiger partial charge in [-0.2, -0.15) is 0 Å². The van der Waals surface area contributed by atoms with Gasteiger partial charge in [-0.3, -0.25) is 14.6 Å². The second kappa shape index (κ2) is 8.86. The Balaban J connectivity index is 1.27. The minimum atomic E-state index is -0.263. The zero-order valence-corrected chi connectivity index (χ0v) is 19.1. The standard InChI is InChI=1S/C24H27N5O2S/c1-15-19(22(31)28-23(25-15)29-10-4-5-11-29)13-21(30)27-24-26-20(14-32-24)18-9-8-16-6-2-3-7-17(16)12-18/h8-9,12,14H,2-7,10-11,13H2,1H3,(H,25,28,31)(H,26,27,30). The van der Waals surface area contributed by atoms with Gasteiger partial charge >= 0.3 is 0 Å². The number of aromatic amines is 1. The molecule has 1 fully saturated rings. The lowest BCUT2D eigenvalue weighted by Gasteiger charge is -2.16. The molecule has 0 atom stereocenters. The summed E-state index contributed by atoms with van der Waals surface area (Å²) in [6, 6.07) is 6.54. The van der Waals surface area contributed by atoms with Crippen LogP contribution in [0.1, 0.15) is 48.1 Å². The number of aromatic nitrogens is 3. The molecule has 32 heavy (non-hydrogen) atoms. The summed E-state index contributed by atoms with van der Waals surface area (Å²) in [5, 5.41) is 5.35. The molecule has 1 aliphatic carbocycles. The predicted molar refractivity (Wildman–Crippen MR) is 128 cm³/mol. The SMILES string of the molecule is Cc1nc(N2CCCC2)[nH]c(=O)c1CC(=O)Nc1nc(-c2ccc3c(c2)CCCC3)cs1. The van der Waals surface area contributed by atoms with E-state index in [0.717, 1.165) is 50.0 Å². The van der Waals surface area contributed by atoms with Gasteiger partial charge in [0.1, 0.15) is 0 Å². The van der Waals surface area contributed by atoms with Crippen LogP contribution in [0.5, 0.6) is 0 Å². The highest BCUT2D eigenvalue weighted by Crippen LogP contribution is 2.29. The summed E-state index contributed by atoms with van der Waals surface area (Å²) in [6.07, 6.45) is 6.96. The lowest BCUT2D eigenvalue weighted by atomic mass is 9.90. The lowest BCUT2D eigenvalue weighted by molar-refractivity contribution is -0.115. The fraction of sp³-hybridized carbons (Fsp3) is 0.417. The Morgan fingerprint density at radius 1 is 1.12 bits per heavy atom. The maximum absolute atomic E-state index is 12.6. The largest absolute Gasteiger partial charge is 0.342 e. The zero-order valence-electron chi connectivity index (χ0n) is 18.2. The maximum Gasteiger partial charge on any atom is 0.256 e. The van der Waals surface area contributed by atoms with Crippen molar-refractivity contribution >= 4 is 28.3 Å². The van der Waals surface area contributed by atoms with E-state index in [1.807, 2.05) is 5.38 Å². The second-order valence-corrected chi connectivity index (χ2v) is 9.46. The van der Waals surface area contributed by atoms with Gasteiger partial charge in [0.05, 0.1) is 17.8 Å². The van der Waals surface area contributed by atoms with E-state index < -0.39 is 0 Å². The van der Waals surface area contributed by atoms with Crippen LogP contribution in [0.15, 0.2) is 28.4 Å². The summed E-state index contributed by atoms with van der Waals surface area (Å²) in [6.45, 7) is 3.59. The first kappa shape index (κ1) is 20.9. The zero-order chi connectivity index (χ0) is 22.1. The van der Waals surface area contributed by atoms with Gasteiger partial charge in [0.2, 0.25) is 11.9 Å². The summed E-state index contributed by atoms with van der Waals surface area (Å²) in [5.74, 6) is 0.337. The fourth-order valence-electron chi connectivity index (χ4n) is 4.56. The van der Waals surface area contributed by atoms with Crippen molar-refractivity contribution < 1.29 is 4.79 Å². The van der Waals surface area contributed by atoms with Crippen molar-refractivity contribution in [2.24, 2.45) is 0 Å². The number of hydrogen-bond donors (Lipinski definition) is 2. The highest BCUT2D eigenvalue weighted by molar-refractivity contribution is 7.14. The molecule has 0 spiro atoms. The third kappa shape index (κ3) is 4.32. The van der Waals surface area contributed by atoms with Crippen LogP contribution in [0.4, 0.5) is 11.1 Å². The normalized spacial score (nSPS) is 15.6. The van der Waals surface area contributed by atoms with Crippen molar-refractivity contribution in [3.8, 4) is 11.3 Å². The van der Waals surface area contributed by atoms with E-state index in [-0.39, 0.29) is 17.9 Å². The van der Waals surface area contributed by atoms with E-state index in [4.69, 9.17) is 0 Å². The number of carbonyl (C=O) groups is 1. The Morgan fingerprint density at radius 3 is 2.69 bits per heavy atom. The minimum absolute atomic E-state index is 0.0256. The summed E-state index contributed by atoms with van der Waals surface area (Å²) < 4.78 is 0. The molecule has 3 heterocycles. The van der Waals surface area contributed by atoms with E-state index in [1.54, 1.807) is 6.92 Å². The number of anilines is 2. The molecule has 166 valence electrons. The number of carbonyl (C=O) groups excluding carboxylic acids is 1. The van der Waals surface area contributed by atoms with Gasteiger partial charge < -0.3 is 10.2 Å². The number of fused-ring (bicyclic) bond motifs is 1. The Kier molecular flexibility index (Phi) is 5.78. The van der Waals surface area contributed by atoms with Crippen molar-refractivity contribution in [2.75, 3.05) is 23.3 Å². The monoisotopic (exact) mass is 449 g/mol. The van der Waals surface area contributed by atoms with Crippen molar-refractivity contribution in [1.82, 2.24) is 15.0 Å². The molecule has 0 unspecified atom stereocenters. The van der Waals surface area contributed by atoms with Gasteiger partial charge in [-0.25, -0.2) is 9.97 Å². The molecule has 3 aromatic rings. The summed E-state index contributed by atoms with van der Waals surface area (Å²) in [7, 11) is 0. The van der Waals surface area contributed by atoms with E-state index >= 15 is 0 Å². The quantitative estimate of drug-likeness (QED) is 0.617. The van der Waals surface area contributed by atoms with E-state index in [2.05, 4.69) is 43.4 Å². The third-order valence-electron chi connectivity index (χ3n) is 6.35. The van der Waals surface area contributed by atoms with Crippen LogP contribution in [0, 0.1) is 6.92 Å². The van der Waals surface area contributed by atoms with Crippen molar-refractivity contribution in [3.05, 3.63) is 56.3 Å². The molecule has 1 aliphatic heterocycles. The first-order valence-corrected chi connectivity index (χ1v) is 12.2. The number of thiazole rings is 1. The van der Waals surface area contributed by atoms with Crippen LogP contribution in [-0.4, -0.2) is 33.9 Å². The van der Waals surface area contributed by atoms with Crippen molar-refractivity contribution in [1.29, 1.82) is 0 Å². The number of hydrogen-bond acceptors (Lipinski definition) is 6. The van der Waals surface area contributed by atoms with Crippen molar-refractivity contribution in [2.45, 2.75) is 51.9 Å². The highest BCUT2D eigenvalue weighted by Gasteiger charge is 2.19. The summed E-state index contributed by atoms with van der Waals surface area (Å²) in [5.41, 5.74) is 5.54. The molecule has 7 nitrogen and oxygen atoms in total. The van der Waals surface area contributed by atoms with Gasteiger partial charge in [0.15, 0.2) is 5.13 Å². The first-order valence-electron chi connectivity index (χ1n) is 11.3. The van der Waals surface area contributed by atoms with Crippen LogP contribution in [0.25, 0.3) is 11.3 Å². The van der Waals surface area contributed by atoms with Gasteiger partial charge in [-0.15, -0.1) is 11.3 Å². The molecule has 2 N–H and O–H groups in total. The molecule has 1 amide bonds. The Bertz CT molecular complexity index is 1210.